The topological polar surface area (TPSA) is 38.7 Å². The third kappa shape index (κ3) is 2.99. The van der Waals surface area contributed by atoms with E-state index in [9.17, 15) is 5.11 Å². The van der Waals surface area contributed by atoms with Crippen molar-refractivity contribution in [1.29, 1.82) is 0 Å². The smallest absolute Gasteiger partial charge is 0.175 e. The van der Waals surface area contributed by atoms with E-state index in [1.54, 1.807) is 12.1 Å². The molecule has 0 spiro atoms. The summed E-state index contributed by atoms with van der Waals surface area (Å²) in [6.45, 7) is 4.53. The molecule has 0 aliphatic rings. The van der Waals surface area contributed by atoms with Gasteiger partial charge in [0.05, 0.1) is 6.61 Å². The first-order valence-electron chi connectivity index (χ1n) is 6.46. The van der Waals surface area contributed by atoms with Crippen molar-refractivity contribution in [3.05, 3.63) is 48.0 Å². The van der Waals surface area contributed by atoms with E-state index < -0.39 is 0 Å². The van der Waals surface area contributed by atoms with Gasteiger partial charge in [0, 0.05) is 5.56 Å². The molecular weight excluding hydrogens is 240 g/mol. The van der Waals surface area contributed by atoms with Crippen molar-refractivity contribution < 1.29 is 14.6 Å². The van der Waals surface area contributed by atoms with Crippen LogP contribution in [0.1, 0.15) is 19.4 Å². The average molecular weight is 258 g/mol. The monoisotopic (exact) mass is 258 g/mol. The summed E-state index contributed by atoms with van der Waals surface area (Å²) < 4.78 is 11.4. The molecule has 0 aliphatic heterocycles. The molecule has 2 aromatic carbocycles. The summed E-state index contributed by atoms with van der Waals surface area (Å²) in [4.78, 5) is 0. The van der Waals surface area contributed by atoms with Crippen LogP contribution in [0.15, 0.2) is 42.5 Å². The van der Waals surface area contributed by atoms with Crippen LogP contribution in [-0.4, -0.2) is 11.7 Å². The van der Waals surface area contributed by atoms with Gasteiger partial charge in [0.2, 0.25) is 0 Å². The van der Waals surface area contributed by atoms with Crippen LogP contribution in [0.3, 0.4) is 0 Å². The lowest BCUT2D eigenvalue weighted by Crippen LogP contribution is -1.98. The van der Waals surface area contributed by atoms with Gasteiger partial charge in [-0.2, -0.15) is 0 Å². The second-order valence-corrected chi connectivity index (χ2v) is 4.09. The molecule has 2 rings (SSSR count). The van der Waals surface area contributed by atoms with Crippen LogP contribution in [0.25, 0.3) is 0 Å². The van der Waals surface area contributed by atoms with Gasteiger partial charge in [-0.1, -0.05) is 25.1 Å². The van der Waals surface area contributed by atoms with Gasteiger partial charge in [-0.3, -0.25) is 0 Å². The normalized spacial score (nSPS) is 10.2. The predicted molar refractivity (Wildman–Crippen MR) is 75.2 cm³/mol. The molecule has 0 aromatic heterocycles. The molecule has 0 bridgehead atoms. The molecule has 0 amide bonds. The standard InChI is InChI=1S/C16H18O3/c1-3-13-15(18-4-2)11-10-14(17)16(13)19-12-8-6-5-7-9-12/h5-11,17H,3-4H2,1-2H3. The van der Waals surface area contributed by atoms with E-state index in [4.69, 9.17) is 9.47 Å². The lowest BCUT2D eigenvalue weighted by molar-refractivity contribution is 0.330. The Morgan fingerprint density at radius 3 is 2.37 bits per heavy atom. The molecule has 0 heterocycles. The Hall–Kier alpha value is -2.16. The van der Waals surface area contributed by atoms with Gasteiger partial charge in [0.25, 0.3) is 0 Å². The van der Waals surface area contributed by atoms with Gasteiger partial charge in [-0.25, -0.2) is 0 Å². The first-order chi connectivity index (χ1) is 9.26. The Morgan fingerprint density at radius 1 is 1.00 bits per heavy atom. The Labute approximate surface area is 113 Å². The average Bonchev–Trinajstić information content (AvgIpc) is 2.44. The van der Waals surface area contributed by atoms with Crippen LogP contribution >= 0.6 is 0 Å². The van der Waals surface area contributed by atoms with Gasteiger partial charge < -0.3 is 14.6 Å². The minimum atomic E-state index is 0.129. The lowest BCUT2D eigenvalue weighted by atomic mass is 10.1. The summed E-state index contributed by atoms with van der Waals surface area (Å²) in [7, 11) is 0. The van der Waals surface area contributed by atoms with Crippen molar-refractivity contribution in [1.82, 2.24) is 0 Å². The van der Waals surface area contributed by atoms with Crippen LogP contribution in [0.2, 0.25) is 0 Å². The summed E-state index contributed by atoms with van der Waals surface area (Å²) in [6.07, 6.45) is 0.728. The predicted octanol–water partition coefficient (Wildman–Crippen LogP) is 4.15. The fourth-order valence-electron chi connectivity index (χ4n) is 1.94. The third-order valence-electron chi connectivity index (χ3n) is 2.81. The molecule has 0 fully saturated rings. The zero-order chi connectivity index (χ0) is 13.7. The van der Waals surface area contributed by atoms with Crippen molar-refractivity contribution in [2.75, 3.05) is 6.61 Å². The van der Waals surface area contributed by atoms with E-state index in [0.29, 0.717) is 18.1 Å². The summed E-state index contributed by atoms with van der Waals surface area (Å²) in [5.41, 5.74) is 0.880. The number of benzene rings is 2. The molecule has 0 unspecified atom stereocenters. The number of hydrogen-bond donors (Lipinski definition) is 1. The number of para-hydroxylation sites is 1. The third-order valence-corrected chi connectivity index (χ3v) is 2.81. The molecule has 3 nitrogen and oxygen atoms in total. The summed E-state index contributed by atoms with van der Waals surface area (Å²) in [5.74, 6) is 2.05. The molecule has 0 aliphatic carbocycles. The largest absolute Gasteiger partial charge is 0.504 e. The van der Waals surface area contributed by atoms with E-state index in [1.807, 2.05) is 44.2 Å². The van der Waals surface area contributed by atoms with Crippen molar-refractivity contribution >= 4 is 0 Å². The Morgan fingerprint density at radius 2 is 1.74 bits per heavy atom. The van der Waals surface area contributed by atoms with Crippen LogP contribution < -0.4 is 9.47 Å². The minimum Gasteiger partial charge on any atom is -0.504 e. The molecule has 3 heteroatoms. The zero-order valence-corrected chi connectivity index (χ0v) is 11.2. The van der Waals surface area contributed by atoms with Gasteiger partial charge in [-0.05, 0) is 37.6 Å². The van der Waals surface area contributed by atoms with Gasteiger partial charge in [0.15, 0.2) is 11.5 Å². The van der Waals surface area contributed by atoms with E-state index in [1.165, 1.54) is 0 Å². The first-order valence-corrected chi connectivity index (χ1v) is 6.46. The molecule has 0 saturated carbocycles. The second kappa shape index (κ2) is 6.14. The highest BCUT2D eigenvalue weighted by Gasteiger charge is 2.14. The molecule has 1 N–H and O–H groups in total. The van der Waals surface area contributed by atoms with E-state index >= 15 is 0 Å². The highest BCUT2D eigenvalue weighted by molar-refractivity contribution is 5.54. The molecule has 0 saturated heterocycles. The van der Waals surface area contributed by atoms with Crippen molar-refractivity contribution in [2.45, 2.75) is 20.3 Å². The summed E-state index contributed by atoms with van der Waals surface area (Å²) in [6, 6.07) is 12.8. The molecular formula is C16H18O3. The second-order valence-electron chi connectivity index (χ2n) is 4.09. The fraction of sp³-hybridized carbons (Fsp3) is 0.250. The van der Waals surface area contributed by atoms with Crippen LogP contribution in [0, 0.1) is 0 Å². The van der Waals surface area contributed by atoms with Crippen molar-refractivity contribution in [3.8, 4) is 23.0 Å². The Bertz CT molecular complexity index is 535. The maximum atomic E-state index is 10.00. The number of ether oxygens (including phenoxy) is 2. The Balaban J connectivity index is 2.40. The number of aromatic hydroxyl groups is 1. The quantitative estimate of drug-likeness (QED) is 0.875. The van der Waals surface area contributed by atoms with Crippen LogP contribution in [0.4, 0.5) is 0 Å². The van der Waals surface area contributed by atoms with Crippen LogP contribution in [-0.2, 0) is 6.42 Å². The molecule has 100 valence electrons. The van der Waals surface area contributed by atoms with E-state index in [2.05, 4.69) is 0 Å². The van der Waals surface area contributed by atoms with Gasteiger partial charge >= 0.3 is 0 Å². The summed E-state index contributed by atoms with van der Waals surface area (Å²) in [5, 5.41) is 10.00. The molecule has 19 heavy (non-hydrogen) atoms. The van der Waals surface area contributed by atoms with Crippen LogP contribution in [0.5, 0.6) is 23.0 Å². The SMILES string of the molecule is CCOc1ccc(O)c(Oc2ccccc2)c1CC. The maximum Gasteiger partial charge on any atom is 0.175 e. The highest BCUT2D eigenvalue weighted by Crippen LogP contribution is 2.39. The van der Waals surface area contributed by atoms with E-state index in [0.717, 1.165) is 17.7 Å². The number of phenols is 1. The van der Waals surface area contributed by atoms with Gasteiger partial charge in [0.1, 0.15) is 11.5 Å². The minimum absolute atomic E-state index is 0.129. The zero-order valence-electron chi connectivity index (χ0n) is 11.2. The first kappa shape index (κ1) is 13.3. The molecule has 0 atom stereocenters. The fourth-order valence-corrected chi connectivity index (χ4v) is 1.94. The van der Waals surface area contributed by atoms with E-state index in [-0.39, 0.29) is 5.75 Å². The van der Waals surface area contributed by atoms with Crippen molar-refractivity contribution in [3.63, 3.8) is 0 Å². The number of hydrogen-bond acceptors (Lipinski definition) is 3. The lowest BCUT2D eigenvalue weighted by Gasteiger charge is -2.15. The summed E-state index contributed by atoms with van der Waals surface area (Å²) >= 11 is 0. The Kier molecular flexibility index (Phi) is 4.29. The van der Waals surface area contributed by atoms with Gasteiger partial charge in [-0.15, -0.1) is 0 Å². The highest BCUT2D eigenvalue weighted by atomic mass is 16.5. The molecule has 2 aromatic rings. The molecule has 0 radical (unpaired) electrons. The number of rotatable bonds is 5. The maximum absolute atomic E-state index is 10.00. The number of phenolic OH excluding ortho intramolecular Hbond substituents is 1. The van der Waals surface area contributed by atoms with Crippen molar-refractivity contribution in [2.24, 2.45) is 0 Å².